The van der Waals surface area contributed by atoms with Crippen LogP contribution in [-0.2, 0) is 0 Å². The van der Waals surface area contributed by atoms with Gasteiger partial charge in [0.25, 0.3) is 0 Å². The molecule has 0 radical (unpaired) electrons. The van der Waals surface area contributed by atoms with Crippen molar-refractivity contribution in [3.63, 3.8) is 0 Å². The fourth-order valence-corrected chi connectivity index (χ4v) is 2.77. The Morgan fingerprint density at radius 3 is 2.76 bits per heavy atom. The van der Waals surface area contributed by atoms with Crippen LogP contribution in [0.15, 0.2) is 0 Å². The van der Waals surface area contributed by atoms with E-state index in [0.29, 0.717) is 0 Å². The molecule has 1 aliphatic heterocycles. The van der Waals surface area contributed by atoms with Crippen LogP contribution in [0.2, 0.25) is 0 Å². The highest BCUT2D eigenvalue weighted by molar-refractivity contribution is 4.81. The topological polar surface area (TPSA) is 35.5 Å². The maximum Gasteiger partial charge on any atom is 0.0610 e. The van der Waals surface area contributed by atoms with E-state index in [2.05, 4.69) is 24.1 Å². The standard InChI is InChI=1S/C14H30N2O/c1-4-13-8-7-11-16(13)10-6-5-9-14(2,12-17)15-3/h13,15,17H,4-12H2,1-3H3. The largest absolute Gasteiger partial charge is 0.394 e. The van der Waals surface area contributed by atoms with E-state index in [0.717, 1.165) is 12.5 Å². The van der Waals surface area contributed by atoms with Gasteiger partial charge in [0.05, 0.1) is 6.61 Å². The average molecular weight is 242 g/mol. The Balaban J connectivity index is 2.15. The van der Waals surface area contributed by atoms with Crippen molar-refractivity contribution in [2.75, 3.05) is 26.7 Å². The predicted octanol–water partition coefficient (Wildman–Crippen LogP) is 2.00. The van der Waals surface area contributed by atoms with Crippen molar-refractivity contribution in [2.45, 2.75) is 64.0 Å². The molecule has 2 unspecified atom stereocenters. The Morgan fingerprint density at radius 1 is 1.41 bits per heavy atom. The lowest BCUT2D eigenvalue weighted by molar-refractivity contribution is 0.167. The van der Waals surface area contributed by atoms with Crippen molar-refractivity contribution < 1.29 is 5.11 Å². The van der Waals surface area contributed by atoms with E-state index < -0.39 is 0 Å². The van der Waals surface area contributed by atoms with Gasteiger partial charge in [-0.2, -0.15) is 0 Å². The molecule has 2 atom stereocenters. The minimum atomic E-state index is -0.0881. The van der Waals surface area contributed by atoms with E-state index in [-0.39, 0.29) is 12.1 Å². The maximum absolute atomic E-state index is 9.30. The lowest BCUT2D eigenvalue weighted by Crippen LogP contribution is -2.43. The van der Waals surface area contributed by atoms with Gasteiger partial charge in [0.2, 0.25) is 0 Å². The maximum atomic E-state index is 9.30. The highest BCUT2D eigenvalue weighted by atomic mass is 16.3. The van der Waals surface area contributed by atoms with Crippen LogP contribution in [0.5, 0.6) is 0 Å². The van der Waals surface area contributed by atoms with Gasteiger partial charge in [0.1, 0.15) is 0 Å². The molecule has 3 heteroatoms. The molecule has 0 aromatic rings. The Bertz CT molecular complexity index is 204. The first kappa shape index (κ1) is 14.9. The number of unbranched alkanes of at least 4 members (excludes halogenated alkanes) is 1. The second-order valence-corrected chi connectivity index (χ2v) is 5.67. The van der Waals surface area contributed by atoms with Crippen LogP contribution in [-0.4, -0.2) is 48.3 Å². The summed E-state index contributed by atoms with van der Waals surface area (Å²) in [6.07, 6.45) is 7.58. The van der Waals surface area contributed by atoms with Gasteiger partial charge in [-0.25, -0.2) is 0 Å². The zero-order valence-corrected chi connectivity index (χ0v) is 11.8. The first-order chi connectivity index (χ1) is 8.15. The van der Waals surface area contributed by atoms with Crippen molar-refractivity contribution >= 4 is 0 Å². The second-order valence-electron chi connectivity index (χ2n) is 5.67. The Labute approximate surface area is 107 Å². The van der Waals surface area contributed by atoms with Crippen molar-refractivity contribution in [3.8, 4) is 0 Å². The van der Waals surface area contributed by atoms with Crippen LogP contribution >= 0.6 is 0 Å². The van der Waals surface area contributed by atoms with Gasteiger partial charge in [-0.15, -0.1) is 0 Å². The van der Waals surface area contributed by atoms with Crippen LogP contribution in [0.1, 0.15) is 52.4 Å². The Morgan fingerprint density at radius 2 is 2.18 bits per heavy atom. The fourth-order valence-electron chi connectivity index (χ4n) is 2.77. The summed E-state index contributed by atoms with van der Waals surface area (Å²) in [5.74, 6) is 0. The van der Waals surface area contributed by atoms with Gasteiger partial charge in [0.15, 0.2) is 0 Å². The van der Waals surface area contributed by atoms with E-state index in [4.69, 9.17) is 0 Å². The van der Waals surface area contributed by atoms with Crippen molar-refractivity contribution in [1.82, 2.24) is 10.2 Å². The molecule has 2 N–H and O–H groups in total. The molecule has 102 valence electrons. The van der Waals surface area contributed by atoms with Crippen LogP contribution in [0.25, 0.3) is 0 Å². The zero-order chi connectivity index (χ0) is 12.7. The molecule has 1 aliphatic rings. The SMILES string of the molecule is CCC1CCCN1CCCCC(C)(CO)NC. The van der Waals surface area contributed by atoms with E-state index >= 15 is 0 Å². The van der Waals surface area contributed by atoms with Crippen LogP contribution in [0.3, 0.4) is 0 Å². The first-order valence-electron chi connectivity index (χ1n) is 7.19. The molecule has 0 bridgehead atoms. The smallest absolute Gasteiger partial charge is 0.0610 e. The molecule has 0 aromatic heterocycles. The third-order valence-corrected chi connectivity index (χ3v) is 4.35. The summed E-state index contributed by atoms with van der Waals surface area (Å²) in [7, 11) is 1.93. The third kappa shape index (κ3) is 4.57. The molecule has 1 saturated heterocycles. The average Bonchev–Trinajstić information content (AvgIpc) is 2.81. The minimum absolute atomic E-state index is 0.0881. The van der Waals surface area contributed by atoms with Crippen LogP contribution < -0.4 is 5.32 Å². The summed E-state index contributed by atoms with van der Waals surface area (Å²) in [5.41, 5.74) is -0.0881. The highest BCUT2D eigenvalue weighted by Gasteiger charge is 2.23. The molecule has 0 amide bonds. The lowest BCUT2D eigenvalue weighted by atomic mass is 9.96. The van der Waals surface area contributed by atoms with Gasteiger partial charge in [-0.05, 0) is 59.2 Å². The predicted molar refractivity (Wildman–Crippen MR) is 73.3 cm³/mol. The Kier molecular flexibility index (Phi) is 6.45. The molecule has 17 heavy (non-hydrogen) atoms. The molecule has 1 rings (SSSR count). The van der Waals surface area contributed by atoms with Gasteiger partial charge in [-0.3, -0.25) is 0 Å². The van der Waals surface area contributed by atoms with E-state index in [1.165, 1.54) is 45.2 Å². The van der Waals surface area contributed by atoms with E-state index in [1.54, 1.807) is 0 Å². The number of nitrogens with one attached hydrogen (secondary N) is 1. The second kappa shape index (κ2) is 7.34. The van der Waals surface area contributed by atoms with Crippen LogP contribution in [0.4, 0.5) is 0 Å². The summed E-state index contributed by atoms with van der Waals surface area (Å²) in [5, 5.41) is 12.5. The highest BCUT2D eigenvalue weighted by Crippen LogP contribution is 2.21. The monoisotopic (exact) mass is 242 g/mol. The van der Waals surface area contributed by atoms with Gasteiger partial charge in [-0.1, -0.05) is 13.3 Å². The fraction of sp³-hybridized carbons (Fsp3) is 1.00. The third-order valence-electron chi connectivity index (χ3n) is 4.35. The number of hydrogen-bond donors (Lipinski definition) is 2. The summed E-state index contributed by atoms with van der Waals surface area (Å²) in [6, 6.07) is 0.837. The molecule has 0 aromatic carbocycles. The first-order valence-corrected chi connectivity index (χ1v) is 7.19. The summed E-state index contributed by atoms with van der Waals surface area (Å²) in [4.78, 5) is 2.65. The number of rotatable bonds is 8. The molecule has 1 heterocycles. The summed E-state index contributed by atoms with van der Waals surface area (Å²) in [6.45, 7) is 7.15. The lowest BCUT2D eigenvalue weighted by Gasteiger charge is -2.28. The number of likely N-dealkylation sites (N-methyl/N-ethyl adjacent to an activating group) is 1. The summed E-state index contributed by atoms with van der Waals surface area (Å²) < 4.78 is 0. The van der Waals surface area contributed by atoms with Crippen molar-refractivity contribution in [3.05, 3.63) is 0 Å². The molecule has 1 fully saturated rings. The number of likely N-dealkylation sites (tertiary alicyclic amines) is 1. The number of nitrogens with zero attached hydrogens (tertiary/aromatic N) is 1. The molecule has 0 saturated carbocycles. The molecular formula is C14H30N2O. The number of hydrogen-bond acceptors (Lipinski definition) is 3. The number of aliphatic hydroxyl groups excluding tert-OH is 1. The summed E-state index contributed by atoms with van der Waals surface area (Å²) >= 11 is 0. The van der Waals surface area contributed by atoms with Gasteiger partial charge in [0, 0.05) is 11.6 Å². The van der Waals surface area contributed by atoms with Crippen molar-refractivity contribution in [2.24, 2.45) is 0 Å². The molecule has 0 spiro atoms. The molecular weight excluding hydrogens is 212 g/mol. The number of aliphatic hydroxyl groups is 1. The quantitative estimate of drug-likeness (QED) is 0.639. The van der Waals surface area contributed by atoms with Crippen LogP contribution in [0, 0.1) is 0 Å². The van der Waals surface area contributed by atoms with Crippen molar-refractivity contribution in [1.29, 1.82) is 0 Å². The van der Waals surface area contributed by atoms with E-state index in [1.807, 2.05) is 7.05 Å². The minimum Gasteiger partial charge on any atom is -0.394 e. The van der Waals surface area contributed by atoms with Gasteiger partial charge < -0.3 is 15.3 Å². The Hall–Kier alpha value is -0.120. The van der Waals surface area contributed by atoms with E-state index in [9.17, 15) is 5.11 Å². The zero-order valence-electron chi connectivity index (χ0n) is 11.8. The normalized spacial score (nSPS) is 25.1. The molecule has 3 nitrogen and oxygen atoms in total. The molecule has 0 aliphatic carbocycles. The van der Waals surface area contributed by atoms with Gasteiger partial charge >= 0.3 is 0 Å².